The van der Waals surface area contributed by atoms with Gasteiger partial charge in [-0.3, -0.25) is 4.79 Å². The molecular weight excluding hydrogens is 266 g/mol. The molecule has 0 bridgehead atoms. The van der Waals surface area contributed by atoms with Crippen LogP contribution in [0.3, 0.4) is 0 Å². The normalized spacial score (nSPS) is 22.8. The number of nitrogens with one attached hydrogen (secondary N) is 1. The molecule has 100 valence electrons. The van der Waals surface area contributed by atoms with E-state index in [4.69, 9.17) is 9.84 Å². The van der Waals surface area contributed by atoms with Crippen molar-refractivity contribution in [2.45, 2.75) is 13.0 Å². The number of hydrogen-bond donors (Lipinski definition) is 2. The summed E-state index contributed by atoms with van der Waals surface area (Å²) in [7, 11) is 0. The second-order valence-corrected chi connectivity index (χ2v) is 5.77. The zero-order valence-corrected chi connectivity index (χ0v) is 11.1. The number of aromatic nitrogens is 2. The first-order chi connectivity index (χ1) is 9.15. The molecule has 2 aromatic rings. The number of nitrogens with zero attached hydrogens (tertiary/aromatic N) is 2. The van der Waals surface area contributed by atoms with Crippen molar-refractivity contribution in [2.24, 2.45) is 5.92 Å². The van der Waals surface area contributed by atoms with E-state index in [2.05, 4.69) is 15.3 Å². The number of aryl methyl sites for hydroxylation is 1. The number of aliphatic carboxylic acids is 1. The first-order valence-electron chi connectivity index (χ1n) is 5.93. The standard InChI is InChI=1S/C12H13N3O3S/c1-6-2-7-10(13-5-14-11(7)19-6)15-9-4-18-3-8(9)12(16)17/h2,5,8-9H,3-4H2,1H3,(H,16,17)(H,13,14,15). The van der Waals surface area contributed by atoms with E-state index in [-0.39, 0.29) is 12.6 Å². The summed E-state index contributed by atoms with van der Waals surface area (Å²) in [5.41, 5.74) is 0. The van der Waals surface area contributed by atoms with Crippen LogP contribution in [-0.2, 0) is 9.53 Å². The molecule has 19 heavy (non-hydrogen) atoms. The first kappa shape index (κ1) is 12.3. The Morgan fingerprint density at radius 1 is 1.53 bits per heavy atom. The van der Waals surface area contributed by atoms with Crippen molar-refractivity contribution in [1.29, 1.82) is 0 Å². The first-order valence-corrected chi connectivity index (χ1v) is 6.75. The molecule has 0 saturated carbocycles. The molecule has 0 aromatic carbocycles. The molecule has 0 spiro atoms. The number of anilines is 1. The molecule has 0 amide bonds. The number of carbonyl (C=O) groups is 1. The molecule has 2 atom stereocenters. The molecule has 7 heteroatoms. The summed E-state index contributed by atoms with van der Waals surface area (Å²) >= 11 is 1.59. The van der Waals surface area contributed by atoms with Gasteiger partial charge in [-0.05, 0) is 13.0 Å². The maximum absolute atomic E-state index is 11.1. The van der Waals surface area contributed by atoms with Crippen molar-refractivity contribution >= 4 is 33.3 Å². The van der Waals surface area contributed by atoms with Crippen LogP contribution in [0, 0.1) is 12.8 Å². The largest absolute Gasteiger partial charge is 0.481 e. The fraction of sp³-hybridized carbons (Fsp3) is 0.417. The summed E-state index contributed by atoms with van der Waals surface area (Å²) in [5, 5.41) is 13.2. The van der Waals surface area contributed by atoms with Crippen LogP contribution >= 0.6 is 11.3 Å². The number of hydrogen-bond acceptors (Lipinski definition) is 6. The highest BCUT2D eigenvalue weighted by molar-refractivity contribution is 7.18. The van der Waals surface area contributed by atoms with Crippen LogP contribution < -0.4 is 5.32 Å². The van der Waals surface area contributed by atoms with Crippen molar-refractivity contribution in [1.82, 2.24) is 9.97 Å². The Hall–Kier alpha value is -1.73. The van der Waals surface area contributed by atoms with Gasteiger partial charge in [0.15, 0.2) is 0 Å². The van der Waals surface area contributed by atoms with E-state index in [0.717, 1.165) is 15.1 Å². The lowest BCUT2D eigenvalue weighted by molar-refractivity contribution is -0.141. The number of carboxylic acids is 1. The van der Waals surface area contributed by atoms with Gasteiger partial charge in [0, 0.05) is 4.88 Å². The van der Waals surface area contributed by atoms with Crippen LogP contribution in [0.2, 0.25) is 0 Å². The van der Waals surface area contributed by atoms with Crippen molar-refractivity contribution in [3.63, 3.8) is 0 Å². The highest BCUT2D eigenvalue weighted by atomic mass is 32.1. The van der Waals surface area contributed by atoms with Gasteiger partial charge in [0.25, 0.3) is 0 Å². The molecule has 0 aliphatic carbocycles. The van der Waals surface area contributed by atoms with Gasteiger partial charge in [0.1, 0.15) is 22.9 Å². The Balaban J connectivity index is 1.91. The number of fused-ring (bicyclic) bond motifs is 1. The zero-order chi connectivity index (χ0) is 13.4. The summed E-state index contributed by atoms with van der Waals surface area (Å²) < 4.78 is 5.24. The van der Waals surface area contributed by atoms with Gasteiger partial charge in [-0.1, -0.05) is 0 Å². The number of ether oxygens (including phenoxy) is 1. The van der Waals surface area contributed by atoms with Gasteiger partial charge in [0.05, 0.1) is 24.6 Å². The van der Waals surface area contributed by atoms with Crippen LogP contribution in [0.1, 0.15) is 4.88 Å². The Morgan fingerprint density at radius 3 is 3.16 bits per heavy atom. The van der Waals surface area contributed by atoms with E-state index in [0.29, 0.717) is 12.4 Å². The van der Waals surface area contributed by atoms with Gasteiger partial charge >= 0.3 is 5.97 Å². The summed E-state index contributed by atoms with van der Waals surface area (Å²) in [5.74, 6) is -0.706. The monoisotopic (exact) mass is 279 g/mol. The summed E-state index contributed by atoms with van der Waals surface area (Å²) in [6.07, 6.45) is 1.49. The smallest absolute Gasteiger partial charge is 0.311 e. The van der Waals surface area contributed by atoms with Crippen molar-refractivity contribution in [2.75, 3.05) is 18.5 Å². The number of thiophene rings is 1. The van der Waals surface area contributed by atoms with Crippen molar-refractivity contribution < 1.29 is 14.6 Å². The van der Waals surface area contributed by atoms with E-state index in [9.17, 15) is 4.79 Å². The van der Waals surface area contributed by atoms with Crippen LogP contribution in [0.25, 0.3) is 10.2 Å². The SMILES string of the molecule is Cc1cc2c(NC3COCC3C(=O)O)ncnc2s1. The molecule has 6 nitrogen and oxygen atoms in total. The highest BCUT2D eigenvalue weighted by Gasteiger charge is 2.34. The molecule has 3 rings (SSSR count). The highest BCUT2D eigenvalue weighted by Crippen LogP contribution is 2.29. The summed E-state index contributed by atoms with van der Waals surface area (Å²) in [6, 6.07) is 1.75. The third-order valence-electron chi connectivity index (χ3n) is 3.17. The second-order valence-electron chi connectivity index (χ2n) is 4.53. The van der Waals surface area contributed by atoms with Crippen LogP contribution in [0.15, 0.2) is 12.4 Å². The Kier molecular flexibility index (Phi) is 3.08. The molecule has 2 unspecified atom stereocenters. The van der Waals surface area contributed by atoms with E-state index < -0.39 is 11.9 Å². The maximum Gasteiger partial charge on any atom is 0.311 e. The van der Waals surface area contributed by atoms with Gasteiger partial charge in [-0.15, -0.1) is 11.3 Å². The van der Waals surface area contributed by atoms with Crippen LogP contribution in [0.5, 0.6) is 0 Å². The topological polar surface area (TPSA) is 84.3 Å². The lowest BCUT2D eigenvalue weighted by atomic mass is 10.0. The molecule has 2 aromatic heterocycles. The zero-order valence-electron chi connectivity index (χ0n) is 10.3. The minimum absolute atomic E-state index is 0.240. The average molecular weight is 279 g/mol. The minimum atomic E-state index is -0.846. The molecule has 0 radical (unpaired) electrons. The van der Waals surface area contributed by atoms with Gasteiger partial charge in [-0.2, -0.15) is 0 Å². The molecule has 1 saturated heterocycles. The lowest BCUT2D eigenvalue weighted by Gasteiger charge is -2.16. The predicted octanol–water partition coefficient (Wildman–Crippen LogP) is 1.51. The third kappa shape index (κ3) is 2.26. The van der Waals surface area contributed by atoms with Gasteiger partial charge in [-0.25, -0.2) is 9.97 Å². The Morgan fingerprint density at radius 2 is 2.37 bits per heavy atom. The third-order valence-corrected chi connectivity index (χ3v) is 4.13. The van der Waals surface area contributed by atoms with Gasteiger partial charge < -0.3 is 15.2 Å². The minimum Gasteiger partial charge on any atom is -0.481 e. The van der Waals surface area contributed by atoms with E-state index in [1.165, 1.54) is 6.33 Å². The average Bonchev–Trinajstić information content (AvgIpc) is 2.95. The van der Waals surface area contributed by atoms with E-state index in [1.807, 2.05) is 13.0 Å². The second kappa shape index (κ2) is 4.75. The van der Waals surface area contributed by atoms with Crippen molar-refractivity contribution in [3.05, 3.63) is 17.3 Å². The van der Waals surface area contributed by atoms with Crippen molar-refractivity contribution in [3.8, 4) is 0 Å². The maximum atomic E-state index is 11.1. The number of rotatable bonds is 3. The number of carboxylic acid groups (broad SMARTS) is 1. The quantitative estimate of drug-likeness (QED) is 0.886. The Labute approximate surface area is 113 Å². The molecular formula is C12H13N3O3S. The predicted molar refractivity (Wildman–Crippen MR) is 71.5 cm³/mol. The molecule has 1 aliphatic rings. The van der Waals surface area contributed by atoms with Crippen LogP contribution in [0.4, 0.5) is 5.82 Å². The van der Waals surface area contributed by atoms with E-state index in [1.54, 1.807) is 11.3 Å². The lowest BCUT2D eigenvalue weighted by Crippen LogP contribution is -2.33. The molecule has 1 fully saturated rings. The molecule has 2 N–H and O–H groups in total. The summed E-state index contributed by atoms with van der Waals surface area (Å²) in [6.45, 7) is 2.63. The Bertz CT molecular complexity index is 628. The fourth-order valence-corrected chi connectivity index (χ4v) is 3.05. The van der Waals surface area contributed by atoms with Gasteiger partial charge in [0.2, 0.25) is 0 Å². The van der Waals surface area contributed by atoms with E-state index >= 15 is 0 Å². The molecule has 1 aliphatic heterocycles. The fourth-order valence-electron chi connectivity index (χ4n) is 2.21. The molecule has 3 heterocycles. The summed E-state index contributed by atoms with van der Waals surface area (Å²) in [4.78, 5) is 21.6. The van der Waals surface area contributed by atoms with Crippen LogP contribution in [-0.4, -0.2) is 40.3 Å².